The van der Waals surface area contributed by atoms with E-state index < -0.39 is 0 Å². The Kier molecular flexibility index (Phi) is 3.96. The monoisotopic (exact) mass is 258 g/mol. The van der Waals surface area contributed by atoms with E-state index in [-0.39, 0.29) is 23.9 Å². The average molecular weight is 259 g/mol. The highest BCUT2D eigenvalue weighted by Crippen LogP contribution is 2.25. The van der Waals surface area contributed by atoms with E-state index >= 15 is 0 Å². The molecule has 94 valence electrons. The van der Waals surface area contributed by atoms with Crippen LogP contribution in [0.15, 0.2) is 0 Å². The molecule has 1 saturated heterocycles. The molecule has 2 heterocycles. The highest BCUT2D eigenvalue weighted by Gasteiger charge is 2.27. The first-order chi connectivity index (χ1) is 8.24. The third kappa shape index (κ3) is 2.76. The number of aromatic nitrogens is 3. The van der Waals surface area contributed by atoms with Gasteiger partial charge < -0.3 is 14.7 Å². The SMILES string of the molecule is COc1nc(Cl)nc(N2CCCC2CCO)n1. The maximum Gasteiger partial charge on any atom is 0.322 e. The Morgan fingerprint density at radius 1 is 1.47 bits per heavy atom. The summed E-state index contributed by atoms with van der Waals surface area (Å²) in [4.78, 5) is 14.2. The van der Waals surface area contributed by atoms with Crippen LogP contribution in [0.5, 0.6) is 6.01 Å². The molecule has 1 unspecified atom stereocenters. The van der Waals surface area contributed by atoms with Crippen LogP contribution in [-0.4, -0.2) is 46.4 Å². The number of nitrogens with zero attached hydrogens (tertiary/aromatic N) is 4. The molecule has 0 aliphatic carbocycles. The van der Waals surface area contributed by atoms with Crippen molar-refractivity contribution in [2.75, 3.05) is 25.2 Å². The van der Waals surface area contributed by atoms with Crippen LogP contribution in [0.4, 0.5) is 5.95 Å². The van der Waals surface area contributed by atoms with Crippen LogP contribution in [0.3, 0.4) is 0 Å². The number of aliphatic hydroxyl groups excluding tert-OH is 1. The highest BCUT2D eigenvalue weighted by atomic mass is 35.5. The van der Waals surface area contributed by atoms with E-state index in [1.54, 1.807) is 0 Å². The standard InChI is InChI=1S/C10H15ClN4O2/c1-17-10-13-8(11)12-9(14-10)15-5-2-3-7(15)4-6-16/h7,16H,2-6H2,1H3. The van der Waals surface area contributed by atoms with Crippen molar-refractivity contribution in [3.8, 4) is 6.01 Å². The summed E-state index contributed by atoms with van der Waals surface area (Å²) in [6.07, 6.45) is 2.81. The van der Waals surface area contributed by atoms with Gasteiger partial charge in [-0.05, 0) is 30.9 Å². The topological polar surface area (TPSA) is 71.4 Å². The Balaban J connectivity index is 2.23. The zero-order chi connectivity index (χ0) is 12.3. The van der Waals surface area contributed by atoms with Crippen LogP contribution in [0.2, 0.25) is 5.28 Å². The van der Waals surface area contributed by atoms with Gasteiger partial charge >= 0.3 is 6.01 Å². The van der Waals surface area contributed by atoms with Gasteiger partial charge in [-0.1, -0.05) is 0 Å². The molecule has 2 rings (SSSR count). The molecule has 1 fully saturated rings. The highest BCUT2D eigenvalue weighted by molar-refractivity contribution is 6.28. The molecule has 1 aromatic rings. The van der Waals surface area contributed by atoms with Crippen LogP contribution in [-0.2, 0) is 0 Å². The third-order valence-electron chi connectivity index (χ3n) is 2.85. The Morgan fingerprint density at radius 3 is 3.00 bits per heavy atom. The summed E-state index contributed by atoms with van der Waals surface area (Å²) in [7, 11) is 1.49. The quantitative estimate of drug-likeness (QED) is 0.865. The van der Waals surface area contributed by atoms with Crippen LogP contribution < -0.4 is 9.64 Å². The van der Waals surface area contributed by atoms with E-state index in [1.807, 2.05) is 4.90 Å². The lowest BCUT2D eigenvalue weighted by atomic mass is 10.1. The van der Waals surface area contributed by atoms with Crippen molar-refractivity contribution >= 4 is 17.5 Å². The van der Waals surface area contributed by atoms with Crippen LogP contribution in [0, 0.1) is 0 Å². The number of rotatable bonds is 4. The summed E-state index contributed by atoms with van der Waals surface area (Å²) in [5.41, 5.74) is 0. The van der Waals surface area contributed by atoms with E-state index in [1.165, 1.54) is 7.11 Å². The molecule has 0 radical (unpaired) electrons. The fourth-order valence-corrected chi connectivity index (χ4v) is 2.24. The maximum absolute atomic E-state index is 9.02. The summed E-state index contributed by atoms with van der Waals surface area (Å²) in [6.45, 7) is 1.03. The molecule has 6 nitrogen and oxygen atoms in total. The Labute approximate surface area is 105 Å². The molecule has 7 heteroatoms. The molecule has 17 heavy (non-hydrogen) atoms. The van der Waals surface area contributed by atoms with Gasteiger partial charge in [0.25, 0.3) is 0 Å². The molecule has 1 N–H and O–H groups in total. The summed E-state index contributed by atoms with van der Waals surface area (Å²) < 4.78 is 4.97. The van der Waals surface area contributed by atoms with Gasteiger partial charge in [-0.25, -0.2) is 0 Å². The molecule has 0 aromatic carbocycles. The molecule has 0 amide bonds. The van der Waals surface area contributed by atoms with E-state index in [0.29, 0.717) is 12.4 Å². The minimum Gasteiger partial charge on any atom is -0.467 e. The second kappa shape index (κ2) is 5.46. The zero-order valence-corrected chi connectivity index (χ0v) is 10.4. The number of hydrogen-bond acceptors (Lipinski definition) is 6. The average Bonchev–Trinajstić information content (AvgIpc) is 2.77. The fourth-order valence-electron chi connectivity index (χ4n) is 2.09. The van der Waals surface area contributed by atoms with Gasteiger partial charge in [0.2, 0.25) is 11.2 Å². The number of halogens is 1. The van der Waals surface area contributed by atoms with Crippen molar-refractivity contribution < 1.29 is 9.84 Å². The summed E-state index contributed by atoms with van der Waals surface area (Å²) in [5, 5.41) is 9.14. The molecule has 1 aliphatic rings. The molecule has 0 saturated carbocycles. The maximum atomic E-state index is 9.02. The van der Waals surface area contributed by atoms with E-state index in [2.05, 4.69) is 15.0 Å². The first-order valence-corrected chi connectivity index (χ1v) is 5.95. The van der Waals surface area contributed by atoms with Gasteiger partial charge in [0.15, 0.2) is 0 Å². The first kappa shape index (κ1) is 12.3. The summed E-state index contributed by atoms with van der Waals surface area (Å²) in [6, 6.07) is 0.484. The van der Waals surface area contributed by atoms with Gasteiger partial charge in [0.05, 0.1) is 7.11 Å². The number of ether oxygens (including phenoxy) is 1. The minimum atomic E-state index is 0.126. The predicted molar refractivity (Wildman–Crippen MR) is 63.5 cm³/mol. The van der Waals surface area contributed by atoms with E-state index in [0.717, 1.165) is 19.4 Å². The van der Waals surface area contributed by atoms with Gasteiger partial charge in [-0.15, -0.1) is 0 Å². The Hall–Kier alpha value is -1.14. The van der Waals surface area contributed by atoms with Crippen molar-refractivity contribution in [1.29, 1.82) is 0 Å². The zero-order valence-electron chi connectivity index (χ0n) is 9.64. The minimum absolute atomic E-state index is 0.126. The second-order valence-electron chi connectivity index (χ2n) is 3.89. The Bertz CT molecular complexity index is 391. The number of anilines is 1. The van der Waals surface area contributed by atoms with Crippen LogP contribution >= 0.6 is 11.6 Å². The predicted octanol–water partition coefficient (Wildman–Crippen LogP) is 0.885. The summed E-state index contributed by atoms with van der Waals surface area (Å²) >= 11 is 5.81. The molecular formula is C10H15ClN4O2. The first-order valence-electron chi connectivity index (χ1n) is 5.57. The van der Waals surface area contributed by atoms with E-state index in [4.69, 9.17) is 21.4 Å². The van der Waals surface area contributed by atoms with E-state index in [9.17, 15) is 0 Å². The van der Waals surface area contributed by atoms with Gasteiger partial charge in [0.1, 0.15) is 0 Å². The molecule has 1 atom stereocenters. The lowest BCUT2D eigenvalue weighted by Crippen LogP contribution is -2.31. The number of aliphatic hydroxyl groups is 1. The molecule has 1 aliphatic heterocycles. The number of hydrogen-bond donors (Lipinski definition) is 1. The third-order valence-corrected chi connectivity index (χ3v) is 3.02. The molecule has 0 bridgehead atoms. The van der Waals surface area contributed by atoms with Gasteiger partial charge in [-0.3, -0.25) is 0 Å². The largest absolute Gasteiger partial charge is 0.467 e. The van der Waals surface area contributed by atoms with Gasteiger partial charge in [0, 0.05) is 19.2 Å². The van der Waals surface area contributed by atoms with Crippen molar-refractivity contribution in [2.24, 2.45) is 0 Å². The Morgan fingerprint density at radius 2 is 2.29 bits per heavy atom. The van der Waals surface area contributed by atoms with Crippen molar-refractivity contribution in [1.82, 2.24) is 15.0 Å². The molecular weight excluding hydrogens is 244 g/mol. The van der Waals surface area contributed by atoms with Crippen LogP contribution in [0.1, 0.15) is 19.3 Å². The fraction of sp³-hybridized carbons (Fsp3) is 0.700. The summed E-state index contributed by atoms with van der Waals surface area (Å²) in [5.74, 6) is 0.526. The number of methoxy groups -OCH3 is 1. The van der Waals surface area contributed by atoms with Crippen molar-refractivity contribution in [2.45, 2.75) is 25.3 Å². The lowest BCUT2D eigenvalue weighted by Gasteiger charge is -2.23. The smallest absolute Gasteiger partial charge is 0.322 e. The molecule has 0 spiro atoms. The van der Waals surface area contributed by atoms with Crippen molar-refractivity contribution in [3.63, 3.8) is 0 Å². The van der Waals surface area contributed by atoms with Crippen molar-refractivity contribution in [3.05, 3.63) is 5.28 Å². The van der Waals surface area contributed by atoms with Gasteiger partial charge in [-0.2, -0.15) is 15.0 Å². The second-order valence-corrected chi connectivity index (χ2v) is 4.23. The lowest BCUT2D eigenvalue weighted by molar-refractivity contribution is 0.275. The normalized spacial score (nSPS) is 19.7. The molecule has 1 aromatic heterocycles. The van der Waals surface area contributed by atoms with Crippen LogP contribution in [0.25, 0.3) is 0 Å².